The molecule has 0 aliphatic carbocycles. The van der Waals surface area contributed by atoms with E-state index in [4.69, 9.17) is 5.73 Å². The minimum Gasteiger partial charge on any atom is -0.508 e. The van der Waals surface area contributed by atoms with Crippen LogP contribution in [0.2, 0.25) is 0 Å². The number of hydrogen-bond acceptors (Lipinski definition) is 3. The van der Waals surface area contributed by atoms with Crippen molar-refractivity contribution in [3.8, 4) is 5.75 Å². The van der Waals surface area contributed by atoms with Crippen LogP contribution in [0.25, 0.3) is 0 Å². The Hall–Kier alpha value is -1.07. The quantitative estimate of drug-likeness (QED) is 0.897. The molecule has 1 amide bonds. The lowest BCUT2D eigenvalue weighted by molar-refractivity contribution is -0.121. The molecule has 2 rings (SSSR count). The van der Waals surface area contributed by atoms with Gasteiger partial charge in [-0.3, -0.25) is 9.69 Å². The first-order valence-electron chi connectivity index (χ1n) is 6.01. The van der Waals surface area contributed by atoms with Gasteiger partial charge in [0, 0.05) is 22.6 Å². The highest BCUT2D eigenvalue weighted by Gasteiger charge is 2.30. The van der Waals surface area contributed by atoms with Gasteiger partial charge in [-0.15, -0.1) is 0 Å². The molecule has 98 valence electrons. The third kappa shape index (κ3) is 2.67. The number of nitrogens with two attached hydrogens (primary N) is 1. The van der Waals surface area contributed by atoms with Crippen LogP contribution in [0.4, 0.5) is 0 Å². The summed E-state index contributed by atoms with van der Waals surface area (Å²) >= 11 is 3.40. The van der Waals surface area contributed by atoms with Gasteiger partial charge in [0.05, 0.1) is 5.92 Å². The summed E-state index contributed by atoms with van der Waals surface area (Å²) in [5, 5.41) is 9.90. The van der Waals surface area contributed by atoms with Crippen molar-refractivity contribution >= 4 is 21.8 Å². The number of nitrogens with zero attached hydrogens (tertiary/aromatic N) is 1. The topological polar surface area (TPSA) is 66.6 Å². The first kappa shape index (κ1) is 13.4. The number of rotatable bonds is 3. The molecule has 0 aromatic heterocycles. The van der Waals surface area contributed by atoms with Crippen molar-refractivity contribution in [1.29, 1.82) is 0 Å². The Morgan fingerprint density at radius 1 is 1.61 bits per heavy atom. The Labute approximate surface area is 115 Å². The lowest BCUT2D eigenvalue weighted by atomic mass is 10.1. The second-order valence-corrected chi connectivity index (χ2v) is 5.68. The zero-order chi connectivity index (χ0) is 13.3. The molecule has 1 aliphatic rings. The SMILES string of the molecule is CC(c1cc(Br)ccc1O)N1CCC(C(N)=O)C1. The Balaban J connectivity index is 2.15. The smallest absolute Gasteiger partial charge is 0.221 e. The van der Waals surface area contributed by atoms with Crippen molar-refractivity contribution in [2.24, 2.45) is 11.7 Å². The average molecular weight is 313 g/mol. The second-order valence-electron chi connectivity index (χ2n) is 4.76. The molecule has 0 spiro atoms. The maximum Gasteiger partial charge on any atom is 0.221 e. The summed E-state index contributed by atoms with van der Waals surface area (Å²) < 4.78 is 0.938. The number of primary amides is 1. The molecule has 0 bridgehead atoms. The summed E-state index contributed by atoms with van der Waals surface area (Å²) in [4.78, 5) is 13.3. The zero-order valence-corrected chi connectivity index (χ0v) is 11.9. The molecule has 0 saturated carbocycles. The minimum atomic E-state index is -0.233. The fourth-order valence-corrected chi connectivity index (χ4v) is 2.81. The van der Waals surface area contributed by atoms with Crippen molar-refractivity contribution < 1.29 is 9.90 Å². The van der Waals surface area contributed by atoms with E-state index in [2.05, 4.69) is 20.8 Å². The van der Waals surface area contributed by atoms with E-state index < -0.39 is 0 Å². The van der Waals surface area contributed by atoms with Crippen LogP contribution >= 0.6 is 15.9 Å². The van der Waals surface area contributed by atoms with Crippen LogP contribution in [0.5, 0.6) is 5.75 Å². The number of carbonyl (C=O) groups excluding carboxylic acids is 1. The zero-order valence-electron chi connectivity index (χ0n) is 10.3. The summed E-state index contributed by atoms with van der Waals surface area (Å²) in [6.45, 7) is 3.54. The maximum atomic E-state index is 11.2. The van der Waals surface area contributed by atoms with E-state index in [-0.39, 0.29) is 23.6 Å². The summed E-state index contributed by atoms with van der Waals surface area (Å²) in [6, 6.07) is 5.48. The summed E-state index contributed by atoms with van der Waals surface area (Å²) in [6.07, 6.45) is 0.800. The van der Waals surface area contributed by atoms with E-state index in [0.29, 0.717) is 6.54 Å². The Morgan fingerprint density at radius 2 is 2.33 bits per heavy atom. The summed E-state index contributed by atoms with van der Waals surface area (Å²) in [7, 11) is 0. The van der Waals surface area contributed by atoms with Gasteiger partial charge < -0.3 is 10.8 Å². The van der Waals surface area contributed by atoms with Crippen LogP contribution in [0.15, 0.2) is 22.7 Å². The first-order valence-corrected chi connectivity index (χ1v) is 6.80. The van der Waals surface area contributed by atoms with Crippen molar-refractivity contribution in [3.63, 3.8) is 0 Å². The fourth-order valence-electron chi connectivity index (χ4n) is 2.43. The van der Waals surface area contributed by atoms with Crippen molar-refractivity contribution in [3.05, 3.63) is 28.2 Å². The van der Waals surface area contributed by atoms with Crippen LogP contribution in [0.1, 0.15) is 24.9 Å². The number of amides is 1. The van der Waals surface area contributed by atoms with Crippen LogP contribution < -0.4 is 5.73 Å². The van der Waals surface area contributed by atoms with Gasteiger partial charge in [0.25, 0.3) is 0 Å². The van der Waals surface area contributed by atoms with Crippen molar-refractivity contribution in [2.45, 2.75) is 19.4 Å². The molecule has 2 unspecified atom stereocenters. The highest BCUT2D eigenvalue weighted by molar-refractivity contribution is 9.10. The number of carbonyl (C=O) groups is 1. The van der Waals surface area contributed by atoms with E-state index >= 15 is 0 Å². The number of aromatic hydroxyl groups is 1. The molecule has 18 heavy (non-hydrogen) atoms. The molecule has 0 radical (unpaired) electrons. The fraction of sp³-hybridized carbons (Fsp3) is 0.462. The molecule has 1 fully saturated rings. The normalized spacial score (nSPS) is 22.0. The predicted octanol–water partition coefficient (Wildman–Crippen LogP) is 2.02. The largest absolute Gasteiger partial charge is 0.508 e. The van der Waals surface area contributed by atoms with Gasteiger partial charge in [0.15, 0.2) is 0 Å². The molecule has 1 aromatic carbocycles. The third-order valence-electron chi connectivity index (χ3n) is 3.61. The van der Waals surface area contributed by atoms with Crippen molar-refractivity contribution in [1.82, 2.24) is 4.90 Å². The lowest BCUT2D eigenvalue weighted by Crippen LogP contribution is -2.29. The van der Waals surface area contributed by atoms with Gasteiger partial charge in [0.1, 0.15) is 5.75 Å². The number of likely N-dealkylation sites (tertiary alicyclic amines) is 1. The monoisotopic (exact) mass is 312 g/mol. The van der Waals surface area contributed by atoms with Crippen LogP contribution in [-0.4, -0.2) is 29.0 Å². The number of hydrogen-bond donors (Lipinski definition) is 2. The van der Waals surface area contributed by atoms with E-state index in [1.165, 1.54) is 0 Å². The minimum absolute atomic E-state index is 0.0678. The number of phenolic OH excluding ortho intramolecular Hbond substituents is 1. The molecule has 1 saturated heterocycles. The summed E-state index contributed by atoms with van der Waals surface area (Å²) in [5.74, 6) is -0.0156. The van der Waals surface area contributed by atoms with E-state index in [1.807, 2.05) is 19.1 Å². The molecule has 1 aliphatic heterocycles. The van der Waals surface area contributed by atoms with Gasteiger partial charge in [-0.2, -0.15) is 0 Å². The van der Waals surface area contributed by atoms with Gasteiger partial charge in [-0.05, 0) is 38.1 Å². The number of benzene rings is 1. The third-order valence-corrected chi connectivity index (χ3v) is 4.10. The standard InChI is InChI=1S/C13H17BrN2O2/c1-8(11-6-10(14)2-3-12(11)17)16-5-4-9(7-16)13(15)18/h2-3,6,8-9,17H,4-5,7H2,1H3,(H2,15,18). The molecular formula is C13H17BrN2O2. The molecule has 1 aromatic rings. The van der Waals surface area contributed by atoms with Gasteiger partial charge in [-0.25, -0.2) is 0 Å². The van der Waals surface area contributed by atoms with Crippen LogP contribution in [0, 0.1) is 5.92 Å². The molecular weight excluding hydrogens is 296 g/mol. The Bertz CT molecular complexity index is 464. The predicted molar refractivity (Wildman–Crippen MR) is 73.1 cm³/mol. The second kappa shape index (κ2) is 5.28. The Morgan fingerprint density at radius 3 is 2.94 bits per heavy atom. The number of phenols is 1. The molecule has 3 N–H and O–H groups in total. The van der Waals surface area contributed by atoms with Crippen LogP contribution in [-0.2, 0) is 4.79 Å². The van der Waals surface area contributed by atoms with Gasteiger partial charge >= 0.3 is 0 Å². The molecule has 4 nitrogen and oxygen atoms in total. The lowest BCUT2D eigenvalue weighted by Gasteiger charge is -2.25. The van der Waals surface area contributed by atoms with Gasteiger partial charge in [0.2, 0.25) is 5.91 Å². The van der Waals surface area contributed by atoms with E-state index in [1.54, 1.807) is 6.07 Å². The molecule has 2 atom stereocenters. The molecule has 5 heteroatoms. The number of halogens is 1. The van der Waals surface area contributed by atoms with Crippen LogP contribution in [0.3, 0.4) is 0 Å². The first-order chi connectivity index (χ1) is 8.49. The summed E-state index contributed by atoms with van der Waals surface area (Å²) in [5.41, 5.74) is 6.20. The average Bonchev–Trinajstić information content (AvgIpc) is 2.81. The van der Waals surface area contributed by atoms with E-state index in [9.17, 15) is 9.90 Å². The van der Waals surface area contributed by atoms with Crippen molar-refractivity contribution in [2.75, 3.05) is 13.1 Å². The Kier molecular flexibility index (Phi) is 3.92. The van der Waals surface area contributed by atoms with Gasteiger partial charge in [-0.1, -0.05) is 15.9 Å². The highest BCUT2D eigenvalue weighted by atomic mass is 79.9. The van der Waals surface area contributed by atoms with E-state index in [0.717, 1.165) is 23.0 Å². The highest BCUT2D eigenvalue weighted by Crippen LogP contribution is 2.33. The molecule has 1 heterocycles. The maximum absolute atomic E-state index is 11.2.